The number of thiazole rings is 1. The number of ether oxygens (including phenoxy) is 1. The second-order valence-corrected chi connectivity index (χ2v) is 7.16. The number of nitrogen functional groups attached to an aromatic ring is 1. The normalized spacial score (nSPS) is 10.9. The van der Waals surface area contributed by atoms with E-state index in [1.165, 1.54) is 11.3 Å². The standard InChI is InChI=1S/C21H21N3O2S/c1-15-19(24-20(22)27-15)18-11-9-16(10-12-18)8-5-13-23-21(25)26-14-17-6-3-2-4-7-17/h2-12H,13-14H2,1H3,(H2,22,24)(H,23,25). The number of hydrogen-bond acceptors (Lipinski definition) is 5. The molecule has 1 aromatic heterocycles. The van der Waals surface area contributed by atoms with Crippen molar-refractivity contribution in [2.75, 3.05) is 12.3 Å². The molecule has 6 heteroatoms. The van der Waals surface area contributed by atoms with Crippen molar-refractivity contribution in [1.82, 2.24) is 10.3 Å². The van der Waals surface area contributed by atoms with Crippen LogP contribution in [0.1, 0.15) is 16.0 Å². The van der Waals surface area contributed by atoms with Gasteiger partial charge in [-0.3, -0.25) is 0 Å². The molecule has 5 nitrogen and oxygen atoms in total. The number of nitrogens with two attached hydrogens (primary N) is 1. The minimum atomic E-state index is -0.435. The molecule has 0 aliphatic carbocycles. The molecule has 3 rings (SSSR count). The van der Waals surface area contributed by atoms with E-state index in [1.54, 1.807) is 0 Å². The van der Waals surface area contributed by atoms with E-state index in [2.05, 4.69) is 10.3 Å². The van der Waals surface area contributed by atoms with Crippen molar-refractivity contribution in [3.8, 4) is 11.3 Å². The number of nitrogens with zero attached hydrogens (tertiary/aromatic N) is 1. The van der Waals surface area contributed by atoms with Crippen molar-refractivity contribution in [2.24, 2.45) is 0 Å². The van der Waals surface area contributed by atoms with E-state index in [0.717, 1.165) is 27.3 Å². The highest BCUT2D eigenvalue weighted by molar-refractivity contribution is 7.15. The molecule has 27 heavy (non-hydrogen) atoms. The number of carbonyl (C=O) groups excluding carboxylic acids is 1. The quantitative estimate of drug-likeness (QED) is 0.654. The molecule has 0 aliphatic rings. The van der Waals surface area contributed by atoms with Crippen molar-refractivity contribution in [3.05, 3.63) is 76.7 Å². The Morgan fingerprint density at radius 1 is 1.19 bits per heavy atom. The van der Waals surface area contributed by atoms with Crippen LogP contribution in [0.3, 0.4) is 0 Å². The number of aromatic nitrogens is 1. The zero-order valence-corrected chi connectivity index (χ0v) is 15.8. The Morgan fingerprint density at radius 3 is 2.59 bits per heavy atom. The highest BCUT2D eigenvalue weighted by atomic mass is 32.1. The summed E-state index contributed by atoms with van der Waals surface area (Å²) >= 11 is 1.49. The first-order valence-corrected chi connectivity index (χ1v) is 9.38. The number of benzene rings is 2. The lowest BCUT2D eigenvalue weighted by Crippen LogP contribution is -2.24. The molecular formula is C21H21N3O2S. The maximum absolute atomic E-state index is 11.7. The Kier molecular flexibility index (Phi) is 6.22. The summed E-state index contributed by atoms with van der Waals surface area (Å²) < 4.78 is 5.16. The number of aryl methyl sites for hydroxylation is 1. The lowest BCUT2D eigenvalue weighted by molar-refractivity contribution is 0.141. The summed E-state index contributed by atoms with van der Waals surface area (Å²) in [5, 5.41) is 3.28. The van der Waals surface area contributed by atoms with Crippen molar-refractivity contribution < 1.29 is 9.53 Å². The van der Waals surface area contributed by atoms with Gasteiger partial charge in [-0.1, -0.05) is 66.7 Å². The number of nitrogens with one attached hydrogen (secondary N) is 1. The SMILES string of the molecule is Cc1sc(N)nc1-c1ccc(C=CCNC(=O)OCc2ccccc2)cc1. The average Bonchev–Trinajstić information content (AvgIpc) is 3.03. The molecule has 0 saturated carbocycles. The van der Waals surface area contributed by atoms with Crippen LogP contribution in [-0.4, -0.2) is 17.6 Å². The maximum atomic E-state index is 11.7. The van der Waals surface area contributed by atoms with Crippen LogP contribution in [0, 0.1) is 6.92 Å². The van der Waals surface area contributed by atoms with Gasteiger partial charge in [0, 0.05) is 17.0 Å². The summed E-state index contributed by atoms with van der Waals surface area (Å²) in [7, 11) is 0. The number of rotatable bonds is 6. The van der Waals surface area contributed by atoms with Gasteiger partial charge in [0.05, 0.1) is 5.69 Å². The first-order chi connectivity index (χ1) is 13.1. The topological polar surface area (TPSA) is 77.2 Å². The highest BCUT2D eigenvalue weighted by Crippen LogP contribution is 2.28. The fraction of sp³-hybridized carbons (Fsp3) is 0.143. The molecule has 0 aliphatic heterocycles. The summed E-state index contributed by atoms with van der Waals surface area (Å²) in [5.41, 5.74) is 9.73. The Balaban J connectivity index is 1.45. The largest absolute Gasteiger partial charge is 0.445 e. The van der Waals surface area contributed by atoms with Crippen LogP contribution in [0.5, 0.6) is 0 Å². The van der Waals surface area contributed by atoms with Gasteiger partial charge in [0.15, 0.2) is 5.13 Å². The van der Waals surface area contributed by atoms with Crippen LogP contribution in [0.2, 0.25) is 0 Å². The van der Waals surface area contributed by atoms with E-state index in [9.17, 15) is 4.79 Å². The molecule has 0 spiro atoms. The van der Waals surface area contributed by atoms with Crippen molar-refractivity contribution in [2.45, 2.75) is 13.5 Å². The Morgan fingerprint density at radius 2 is 1.93 bits per heavy atom. The second-order valence-electron chi connectivity index (χ2n) is 5.92. The van der Waals surface area contributed by atoms with Gasteiger partial charge in [0.2, 0.25) is 0 Å². The molecule has 1 heterocycles. The Labute approximate surface area is 162 Å². The molecule has 0 radical (unpaired) electrons. The predicted octanol–water partition coefficient (Wildman–Crippen LogP) is 4.64. The van der Waals surface area contributed by atoms with Gasteiger partial charge in [-0.25, -0.2) is 9.78 Å². The zero-order valence-electron chi connectivity index (χ0n) is 15.0. The minimum absolute atomic E-state index is 0.262. The van der Waals surface area contributed by atoms with Gasteiger partial charge in [-0.2, -0.15) is 0 Å². The lowest BCUT2D eigenvalue weighted by atomic mass is 10.1. The van der Waals surface area contributed by atoms with Gasteiger partial charge in [-0.05, 0) is 18.1 Å². The maximum Gasteiger partial charge on any atom is 0.407 e. The summed E-state index contributed by atoms with van der Waals surface area (Å²) in [6.45, 7) is 2.68. The van der Waals surface area contributed by atoms with E-state index >= 15 is 0 Å². The second kappa shape index (κ2) is 9.00. The van der Waals surface area contributed by atoms with Crippen LogP contribution < -0.4 is 11.1 Å². The molecule has 138 valence electrons. The lowest BCUT2D eigenvalue weighted by Gasteiger charge is -2.05. The summed E-state index contributed by atoms with van der Waals surface area (Å²) in [6.07, 6.45) is 3.39. The Hall–Kier alpha value is -3.12. The number of carbonyl (C=O) groups is 1. The monoisotopic (exact) mass is 379 g/mol. The van der Waals surface area contributed by atoms with Crippen LogP contribution in [0.25, 0.3) is 17.3 Å². The van der Waals surface area contributed by atoms with Crippen LogP contribution >= 0.6 is 11.3 Å². The van der Waals surface area contributed by atoms with Crippen LogP contribution in [0.15, 0.2) is 60.7 Å². The third-order valence-electron chi connectivity index (χ3n) is 3.88. The van der Waals surface area contributed by atoms with E-state index < -0.39 is 6.09 Å². The third kappa shape index (κ3) is 5.43. The van der Waals surface area contributed by atoms with Crippen molar-refractivity contribution in [3.63, 3.8) is 0 Å². The van der Waals surface area contributed by atoms with Crippen molar-refractivity contribution >= 4 is 28.6 Å². The van der Waals surface area contributed by atoms with E-state index in [4.69, 9.17) is 10.5 Å². The average molecular weight is 379 g/mol. The Bertz CT molecular complexity index is 918. The molecule has 0 atom stereocenters. The van der Waals surface area contributed by atoms with E-state index in [-0.39, 0.29) is 6.61 Å². The van der Waals surface area contributed by atoms with Gasteiger partial charge in [-0.15, -0.1) is 11.3 Å². The first-order valence-electron chi connectivity index (χ1n) is 8.56. The fourth-order valence-electron chi connectivity index (χ4n) is 2.55. The van der Waals surface area contributed by atoms with Gasteiger partial charge >= 0.3 is 6.09 Å². The van der Waals surface area contributed by atoms with Crippen LogP contribution in [0.4, 0.5) is 9.93 Å². The van der Waals surface area contributed by atoms with E-state index in [1.807, 2.05) is 73.7 Å². The summed E-state index contributed by atoms with van der Waals surface area (Å²) in [6, 6.07) is 17.6. The zero-order chi connectivity index (χ0) is 19.1. The summed E-state index contributed by atoms with van der Waals surface area (Å²) in [4.78, 5) is 17.1. The number of amides is 1. The molecule has 0 unspecified atom stereocenters. The molecule has 3 N–H and O–H groups in total. The van der Waals surface area contributed by atoms with Crippen molar-refractivity contribution in [1.29, 1.82) is 0 Å². The van der Waals surface area contributed by atoms with E-state index in [0.29, 0.717) is 11.7 Å². The number of alkyl carbamates (subject to hydrolysis) is 1. The molecule has 2 aromatic carbocycles. The van der Waals surface area contributed by atoms with Gasteiger partial charge < -0.3 is 15.8 Å². The van der Waals surface area contributed by atoms with Gasteiger partial charge in [0.25, 0.3) is 0 Å². The fourth-order valence-corrected chi connectivity index (χ4v) is 3.26. The summed E-state index contributed by atoms with van der Waals surface area (Å²) in [5.74, 6) is 0. The molecular weight excluding hydrogens is 358 g/mol. The number of hydrogen-bond donors (Lipinski definition) is 2. The molecule has 1 amide bonds. The first kappa shape index (κ1) is 18.7. The van der Waals surface area contributed by atoms with Crippen LogP contribution in [-0.2, 0) is 11.3 Å². The minimum Gasteiger partial charge on any atom is -0.445 e. The predicted molar refractivity (Wildman–Crippen MR) is 110 cm³/mol. The highest BCUT2D eigenvalue weighted by Gasteiger charge is 2.07. The molecule has 0 fully saturated rings. The third-order valence-corrected chi connectivity index (χ3v) is 4.68. The smallest absolute Gasteiger partial charge is 0.407 e. The van der Waals surface area contributed by atoms with Gasteiger partial charge in [0.1, 0.15) is 6.61 Å². The molecule has 0 bridgehead atoms. The molecule has 0 saturated heterocycles. The molecule has 3 aromatic rings. The number of anilines is 1.